The SMILES string of the molecule is Cc1cc(Cl)c(N2C(N)=NC(N)=NC23CCCCC3)c(Br)c1C. The van der Waals surface area contributed by atoms with Crippen LogP contribution in [0.15, 0.2) is 20.5 Å². The molecule has 7 heteroatoms. The van der Waals surface area contributed by atoms with E-state index in [4.69, 9.17) is 23.1 Å². The molecule has 1 aliphatic heterocycles. The number of hydrogen-bond acceptors (Lipinski definition) is 5. The highest BCUT2D eigenvalue weighted by atomic mass is 79.9. The molecule has 1 fully saturated rings. The summed E-state index contributed by atoms with van der Waals surface area (Å²) < 4.78 is 0.932. The molecule has 0 amide bonds. The fourth-order valence-electron chi connectivity index (χ4n) is 3.47. The van der Waals surface area contributed by atoms with Crippen LogP contribution in [0.1, 0.15) is 43.2 Å². The Kier molecular flexibility index (Phi) is 4.31. The minimum atomic E-state index is -0.484. The van der Waals surface area contributed by atoms with Crippen molar-refractivity contribution in [1.82, 2.24) is 0 Å². The van der Waals surface area contributed by atoms with Gasteiger partial charge in [0.05, 0.1) is 10.7 Å². The van der Waals surface area contributed by atoms with E-state index in [0.717, 1.165) is 47.0 Å². The standard InChI is InChI=1S/C16H21BrClN5/c1-9-8-11(18)13(12(17)10(9)2)23-15(20)21-14(19)22-16(23)6-4-3-5-7-16/h8H,3-7H2,1-2H3,(H4,19,20,21,22). The van der Waals surface area contributed by atoms with Gasteiger partial charge in [-0.2, -0.15) is 4.99 Å². The number of guanidine groups is 2. The summed E-state index contributed by atoms with van der Waals surface area (Å²) in [4.78, 5) is 10.9. The molecule has 124 valence electrons. The van der Waals surface area contributed by atoms with E-state index in [1.807, 2.05) is 17.9 Å². The van der Waals surface area contributed by atoms with Gasteiger partial charge >= 0.3 is 0 Å². The Hall–Kier alpha value is -1.27. The number of rotatable bonds is 1. The molecule has 0 radical (unpaired) electrons. The van der Waals surface area contributed by atoms with E-state index >= 15 is 0 Å². The van der Waals surface area contributed by atoms with Gasteiger partial charge in [0.15, 0.2) is 0 Å². The molecule has 1 aromatic carbocycles. The van der Waals surface area contributed by atoms with Gasteiger partial charge in [0, 0.05) is 4.47 Å². The number of nitrogens with zero attached hydrogens (tertiary/aromatic N) is 3. The molecule has 5 nitrogen and oxygen atoms in total. The molecule has 1 spiro atoms. The van der Waals surface area contributed by atoms with E-state index in [2.05, 4.69) is 32.8 Å². The van der Waals surface area contributed by atoms with E-state index in [0.29, 0.717) is 11.0 Å². The Morgan fingerprint density at radius 3 is 2.52 bits per heavy atom. The Bertz CT molecular complexity index is 707. The smallest absolute Gasteiger partial charge is 0.220 e. The summed E-state index contributed by atoms with van der Waals surface area (Å²) in [5.74, 6) is 0.599. The summed E-state index contributed by atoms with van der Waals surface area (Å²) in [6, 6.07) is 1.96. The average molecular weight is 399 g/mol. The van der Waals surface area contributed by atoms with Gasteiger partial charge in [0.1, 0.15) is 5.66 Å². The minimum absolute atomic E-state index is 0.247. The second-order valence-electron chi connectivity index (χ2n) is 6.28. The molecule has 1 saturated carbocycles. The van der Waals surface area contributed by atoms with E-state index in [9.17, 15) is 0 Å². The van der Waals surface area contributed by atoms with Crippen molar-refractivity contribution in [3.8, 4) is 0 Å². The number of hydrogen-bond donors (Lipinski definition) is 2. The maximum Gasteiger partial charge on any atom is 0.220 e. The quantitative estimate of drug-likeness (QED) is 0.754. The zero-order valence-corrected chi connectivity index (χ0v) is 15.7. The van der Waals surface area contributed by atoms with Crippen molar-refractivity contribution in [2.75, 3.05) is 4.90 Å². The highest BCUT2D eigenvalue weighted by Gasteiger charge is 2.44. The van der Waals surface area contributed by atoms with Crippen LogP contribution in [0.3, 0.4) is 0 Å². The van der Waals surface area contributed by atoms with Crippen LogP contribution in [0.2, 0.25) is 5.02 Å². The molecule has 3 rings (SSSR count). The van der Waals surface area contributed by atoms with Gasteiger partial charge in [-0.1, -0.05) is 18.0 Å². The molecule has 0 aromatic heterocycles. The van der Waals surface area contributed by atoms with Gasteiger partial charge in [0.2, 0.25) is 11.9 Å². The third-order valence-electron chi connectivity index (χ3n) is 4.77. The average Bonchev–Trinajstić information content (AvgIpc) is 2.48. The fraction of sp³-hybridized carbons (Fsp3) is 0.500. The monoisotopic (exact) mass is 397 g/mol. The molecule has 2 aliphatic rings. The molecule has 0 bridgehead atoms. The van der Waals surface area contributed by atoms with E-state index in [-0.39, 0.29) is 5.96 Å². The third-order valence-corrected chi connectivity index (χ3v) is 6.03. The lowest BCUT2D eigenvalue weighted by Crippen LogP contribution is -2.58. The fourth-order valence-corrected chi connectivity index (χ4v) is 4.63. The number of anilines is 1. The lowest BCUT2D eigenvalue weighted by atomic mass is 9.87. The van der Waals surface area contributed by atoms with E-state index in [1.54, 1.807) is 0 Å². The summed E-state index contributed by atoms with van der Waals surface area (Å²) in [6.45, 7) is 4.09. The molecule has 4 N–H and O–H groups in total. The zero-order valence-electron chi connectivity index (χ0n) is 13.4. The molecule has 0 atom stereocenters. The second kappa shape index (κ2) is 5.98. The maximum absolute atomic E-state index is 6.58. The first-order chi connectivity index (χ1) is 10.9. The van der Waals surface area contributed by atoms with Crippen molar-refractivity contribution in [3.63, 3.8) is 0 Å². The van der Waals surface area contributed by atoms with Crippen LogP contribution < -0.4 is 16.4 Å². The zero-order chi connectivity index (χ0) is 16.8. The Morgan fingerprint density at radius 1 is 1.22 bits per heavy atom. The number of aliphatic imine (C=N–C) groups is 2. The number of halogens is 2. The van der Waals surface area contributed by atoms with Gasteiger partial charge in [-0.3, -0.25) is 4.90 Å². The lowest BCUT2D eigenvalue weighted by molar-refractivity contribution is 0.305. The summed E-state index contributed by atoms with van der Waals surface area (Å²) >= 11 is 10.3. The van der Waals surface area contributed by atoms with Crippen LogP contribution in [0, 0.1) is 13.8 Å². The summed E-state index contributed by atoms with van der Waals surface area (Å²) in [5, 5.41) is 0.638. The van der Waals surface area contributed by atoms with Gasteiger partial charge in [-0.25, -0.2) is 4.99 Å². The Labute approximate surface area is 149 Å². The first-order valence-corrected chi connectivity index (χ1v) is 8.98. The highest BCUT2D eigenvalue weighted by Crippen LogP contribution is 2.46. The lowest BCUT2D eigenvalue weighted by Gasteiger charge is -2.46. The minimum Gasteiger partial charge on any atom is -0.369 e. The van der Waals surface area contributed by atoms with Gasteiger partial charge in [-0.15, -0.1) is 0 Å². The molecule has 0 saturated heterocycles. The number of benzene rings is 1. The van der Waals surface area contributed by atoms with Crippen LogP contribution in [0.4, 0.5) is 5.69 Å². The van der Waals surface area contributed by atoms with Crippen molar-refractivity contribution in [1.29, 1.82) is 0 Å². The largest absolute Gasteiger partial charge is 0.369 e. The van der Waals surface area contributed by atoms with Crippen molar-refractivity contribution in [2.45, 2.75) is 51.6 Å². The third kappa shape index (κ3) is 2.72. The van der Waals surface area contributed by atoms with Gasteiger partial charge < -0.3 is 11.5 Å². The Morgan fingerprint density at radius 2 is 1.87 bits per heavy atom. The maximum atomic E-state index is 6.58. The van der Waals surface area contributed by atoms with Crippen LogP contribution in [-0.4, -0.2) is 17.6 Å². The first kappa shape index (κ1) is 16.6. The van der Waals surface area contributed by atoms with E-state index < -0.39 is 5.66 Å². The highest BCUT2D eigenvalue weighted by molar-refractivity contribution is 9.10. The molecule has 0 unspecified atom stereocenters. The van der Waals surface area contributed by atoms with Crippen molar-refractivity contribution in [2.24, 2.45) is 21.5 Å². The predicted octanol–water partition coefficient (Wildman–Crippen LogP) is 3.83. The number of nitrogens with two attached hydrogens (primary N) is 2. The normalized spacial score (nSPS) is 20.4. The van der Waals surface area contributed by atoms with Crippen LogP contribution >= 0.6 is 27.5 Å². The first-order valence-electron chi connectivity index (χ1n) is 7.81. The molecule has 1 aliphatic carbocycles. The Balaban J connectivity index is 2.21. The van der Waals surface area contributed by atoms with Crippen LogP contribution in [0.5, 0.6) is 0 Å². The summed E-state index contributed by atoms with van der Waals surface area (Å²) in [6.07, 6.45) is 5.14. The van der Waals surface area contributed by atoms with Crippen LogP contribution in [0.25, 0.3) is 0 Å². The summed E-state index contributed by atoms with van der Waals surface area (Å²) in [5.41, 5.74) is 14.8. The van der Waals surface area contributed by atoms with Gasteiger partial charge in [-0.05, 0) is 72.7 Å². The number of aryl methyl sites for hydroxylation is 1. The molecule has 23 heavy (non-hydrogen) atoms. The van der Waals surface area contributed by atoms with Crippen molar-refractivity contribution in [3.05, 3.63) is 26.7 Å². The van der Waals surface area contributed by atoms with Crippen molar-refractivity contribution >= 4 is 45.1 Å². The van der Waals surface area contributed by atoms with Crippen LogP contribution in [-0.2, 0) is 0 Å². The molecule has 1 heterocycles. The molecular weight excluding hydrogens is 378 g/mol. The summed E-state index contributed by atoms with van der Waals surface area (Å²) in [7, 11) is 0. The second-order valence-corrected chi connectivity index (χ2v) is 7.48. The topological polar surface area (TPSA) is 80.0 Å². The molecule has 1 aromatic rings. The van der Waals surface area contributed by atoms with E-state index in [1.165, 1.54) is 6.42 Å². The van der Waals surface area contributed by atoms with Gasteiger partial charge in [0.25, 0.3) is 0 Å². The predicted molar refractivity (Wildman–Crippen MR) is 100 cm³/mol. The van der Waals surface area contributed by atoms with Crippen molar-refractivity contribution < 1.29 is 0 Å². The molecular formula is C16H21BrClN5.